The van der Waals surface area contributed by atoms with Crippen LogP contribution in [0.25, 0.3) is 0 Å². The zero-order chi connectivity index (χ0) is 11.2. The largest absolute Gasteiger partial charge is 0.378 e. The maximum atomic E-state index is 5.59. The summed E-state index contributed by atoms with van der Waals surface area (Å²) in [5, 5.41) is 4.60. The second-order valence-electron chi connectivity index (χ2n) is 4.30. The molecule has 3 nitrogen and oxygen atoms in total. The van der Waals surface area contributed by atoms with Crippen molar-refractivity contribution in [3.63, 3.8) is 0 Å². The summed E-state index contributed by atoms with van der Waals surface area (Å²) in [6.07, 6.45) is 7.42. The summed E-state index contributed by atoms with van der Waals surface area (Å²) in [7, 11) is 0. The maximum Gasteiger partial charge on any atom is 0.0897 e. The predicted octanol–water partition coefficient (Wildman–Crippen LogP) is 2.50. The van der Waals surface area contributed by atoms with E-state index in [4.69, 9.17) is 4.74 Å². The Morgan fingerprint density at radius 2 is 2.56 bits per heavy atom. The van der Waals surface area contributed by atoms with Crippen molar-refractivity contribution in [1.29, 1.82) is 0 Å². The average Bonchev–Trinajstić information content (AvgIpc) is 2.89. The fourth-order valence-corrected chi connectivity index (χ4v) is 2.79. The van der Waals surface area contributed by atoms with E-state index >= 15 is 0 Å². The van der Waals surface area contributed by atoms with E-state index in [9.17, 15) is 0 Å². The third-order valence-corrected chi connectivity index (χ3v) is 3.78. The van der Waals surface area contributed by atoms with E-state index in [2.05, 4.69) is 10.3 Å². The van der Waals surface area contributed by atoms with Crippen LogP contribution in [0.15, 0.2) is 6.20 Å². The molecule has 4 heteroatoms. The van der Waals surface area contributed by atoms with Gasteiger partial charge in [0.1, 0.15) is 0 Å². The maximum absolute atomic E-state index is 5.59. The van der Waals surface area contributed by atoms with Gasteiger partial charge in [-0.3, -0.25) is 0 Å². The molecule has 1 aromatic heterocycles. The monoisotopic (exact) mass is 240 g/mol. The fourth-order valence-electron chi connectivity index (χ4n) is 2.03. The topological polar surface area (TPSA) is 34.2 Å². The zero-order valence-electron chi connectivity index (χ0n) is 9.87. The Balaban J connectivity index is 1.51. The smallest absolute Gasteiger partial charge is 0.0897 e. The van der Waals surface area contributed by atoms with Crippen LogP contribution in [0.2, 0.25) is 0 Å². The Bertz CT molecular complexity index is 308. The fraction of sp³-hybridized carbons (Fsp3) is 0.750. The lowest BCUT2D eigenvalue weighted by Crippen LogP contribution is -2.16. The van der Waals surface area contributed by atoms with Gasteiger partial charge in [0.05, 0.1) is 11.1 Å². The normalized spacial score (nSPS) is 20.4. The van der Waals surface area contributed by atoms with Gasteiger partial charge in [0.15, 0.2) is 0 Å². The van der Waals surface area contributed by atoms with Gasteiger partial charge in [-0.25, -0.2) is 4.98 Å². The Kier molecular flexibility index (Phi) is 4.75. The number of thiazole rings is 1. The first-order valence-corrected chi connectivity index (χ1v) is 6.90. The number of rotatable bonds is 6. The van der Waals surface area contributed by atoms with Gasteiger partial charge in [0, 0.05) is 24.2 Å². The van der Waals surface area contributed by atoms with E-state index < -0.39 is 0 Å². The van der Waals surface area contributed by atoms with E-state index in [0.29, 0.717) is 6.10 Å². The van der Waals surface area contributed by atoms with Crippen LogP contribution in [-0.2, 0) is 11.3 Å². The molecular weight excluding hydrogens is 220 g/mol. The van der Waals surface area contributed by atoms with Crippen molar-refractivity contribution in [3.05, 3.63) is 16.1 Å². The Morgan fingerprint density at radius 1 is 1.62 bits per heavy atom. The SMILES string of the molecule is Cc1ncc(CNCCCC2CCCO2)s1. The Labute approximate surface area is 101 Å². The molecule has 0 amide bonds. The molecule has 0 aromatic carbocycles. The Morgan fingerprint density at radius 3 is 3.25 bits per heavy atom. The molecule has 1 atom stereocenters. The summed E-state index contributed by atoms with van der Waals surface area (Å²) >= 11 is 1.77. The first-order valence-electron chi connectivity index (χ1n) is 6.08. The van der Waals surface area contributed by atoms with Crippen molar-refractivity contribution < 1.29 is 4.74 Å². The lowest BCUT2D eigenvalue weighted by atomic mass is 10.1. The molecule has 2 rings (SSSR count). The molecule has 1 saturated heterocycles. The van der Waals surface area contributed by atoms with Gasteiger partial charge < -0.3 is 10.1 Å². The van der Waals surface area contributed by atoms with Crippen LogP contribution in [0, 0.1) is 6.92 Å². The molecular formula is C12H20N2OS. The van der Waals surface area contributed by atoms with Gasteiger partial charge in [-0.05, 0) is 39.2 Å². The minimum Gasteiger partial charge on any atom is -0.378 e. The summed E-state index contributed by atoms with van der Waals surface area (Å²) in [5.74, 6) is 0. The number of hydrogen-bond donors (Lipinski definition) is 1. The van der Waals surface area contributed by atoms with Crippen LogP contribution in [0.5, 0.6) is 0 Å². The molecule has 0 saturated carbocycles. The van der Waals surface area contributed by atoms with E-state index in [1.54, 1.807) is 11.3 Å². The van der Waals surface area contributed by atoms with Crippen molar-refractivity contribution in [2.45, 2.75) is 45.3 Å². The van der Waals surface area contributed by atoms with Gasteiger partial charge in [0.25, 0.3) is 0 Å². The number of nitrogens with one attached hydrogen (secondary N) is 1. The molecule has 1 aliphatic rings. The number of aromatic nitrogens is 1. The summed E-state index contributed by atoms with van der Waals surface area (Å²) in [6, 6.07) is 0. The van der Waals surface area contributed by atoms with Crippen molar-refractivity contribution >= 4 is 11.3 Å². The van der Waals surface area contributed by atoms with Crippen molar-refractivity contribution in [2.75, 3.05) is 13.2 Å². The predicted molar refractivity (Wildman–Crippen MR) is 66.8 cm³/mol. The third kappa shape index (κ3) is 3.85. The van der Waals surface area contributed by atoms with E-state index in [0.717, 1.165) is 24.7 Å². The molecule has 0 aliphatic carbocycles. The van der Waals surface area contributed by atoms with Crippen LogP contribution < -0.4 is 5.32 Å². The van der Waals surface area contributed by atoms with Gasteiger partial charge in [0.2, 0.25) is 0 Å². The van der Waals surface area contributed by atoms with E-state index in [1.165, 1.54) is 30.6 Å². The lowest BCUT2D eigenvalue weighted by Gasteiger charge is -2.08. The second-order valence-corrected chi connectivity index (χ2v) is 5.62. The highest BCUT2D eigenvalue weighted by Crippen LogP contribution is 2.16. The molecule has 1 N–H and O–H groups in total. The van der Waals surface area contributed by atoms with Gasteiger partial charge in [-0.2, -0.15) is 0 Å². The standard InChI is InChI=1S/C12H20N2OS/c1-10-14-9-12(16-10)8-13-6-2-4-11-5-3-7-15-11/h9,11,13H,2-8H2,1H3. The molecule has 16 heavy (non-hydrogen) atoms. The molecule has 1 fully saturated rings. The third-order valence-electron chi connectivity index (χ3n) is 2.87. The highest BCUT2D eigenvalue weighted by atomic mass is 32.1. The number of aryl methyl sites for hydroxylation is 1. The van der Waals surface area contributed by atoms with E-state index in [-0.39, 0.29) is 0 Å². The molecule has 0 bridgehead atoms. The molecule has 1 aliphatic heterocycles. The summed E-state index contributed by atoms with van der Waals surface area (Å²) in [6.45, 7) is 5.05. The van der Waals surface area contributed by atoms with Gasteiger partial charge in [-0.1, -0.05) is 0 Å². The van der Waals surface area contributed by atoms with Crippen molar-refractivity contribution in [3.8, 4) is 0 Å². The van der Waals surface area contributed by atoms with Crippen LogP contribution >= 0.6 is 11.3 Å². The minimum absolute atomic E-state index is 0.535. The Hall–Kier alpha value is -0.450. The highest BCUT2D eigenvalue weighted by molar-refractivity contribution is 7.11. The van der Waals surface area contributed by atoms with Crippen LogP contribution in [-0.4, -0.2) is 24.2 Å². The number of hydrogen-bond acceptors (Lipinski definition) is 4. The lowest BCUT2D eigenvalue weighted by molar-refractivity contribution is 0.102. The van der Waals surface area contributed by atoms with E-state index in [1.807, 2.05) is 13.1 Å². The van der Waals surface area contributed by atoms with Crippen molar-refractivity contribution in [1.82, 2.24) is 10.3 Å². The van der Waals surface area contributed by atoms with Gasteiger partial charge >= 0.3 is 0 Å². The quantitative estimate of drug-likeness (QED) is 0.776. The van der Waals surface area contributed by atoms with Crippen molar-refractivity contribution in [2.24, 2.45) is 0 Å². The summed E-state index contributed by atoms with van der Waals surface area (Å²) in [4.78, 5) is 5.57. The molecule has 0 radical (unpaired) electrons. The molecule has 2 heterocycles. The minimum atomic E-state index is 0.535. The first kappa shape index (κ1) is 12.0. The molecule has 90 valence electrons. The zero-order valence-corrected chi connectivity index (χ0v) is 10.7. The number of ether oxygens (including phenoxy) is 1. The van der Waals surface area contributed by atoms with Gasteiger partial charge in [-0.15, -0.1) is 11.3 Å². The highest BCUT2D eigenvalue weighted by Gasteiger charge is 2.14. The van der Waals surface area contributed by atoms with Crippen LogP contribution in [0.4, 0.5) is 0 Å². The summed E-state index contributed by atoms with van der Waals surface area (Å²) < 4.78 is 5.59. The van der Waals surface area contributed by atoms with Crippen LogP contribution in [0.3, 0.4) is 0 Å². The average molecular weight is 240 g/mol. The molecule has 1 aromatic rings. The molecule has 1 unspecified atom stereocenters. The molecule has 0 spiro atoms. The number of nitrogens with zero attached hydrogens (tertiary/aromatic N) is 1. The summed E-state index contributed by atoms with van der Waals surface area (Å²) in [5.41, 5.74) is 0. The van der Waals surface area contributed by atoms with Crippen LogP contribution in [0.1, 0.15) is 35.6 Å². The second kappa shape index (κ2) is 6.33. The first-order chi connectivity index (χ1) is 7.84.